The number of rotatable bonds is 7. The number of aromatic nitrogens is 3. The zero-order valence-corrected chi connectivity index (χ0v) is 13.6. The topological polar surface area (TPSA) is 66.0 Å². The molecule has 0 saturated heterocycles. The second kappa shape index (κ2) is 7.41. The fourth-order valence-corrected chi connectivity index (χ4v) is 2.13. The third kappa shape index (κ3) is 3.38. The molecule has 0 aliphatic carbocycles. The molecule has 1 unspecified atom stereocenters. The molecule has 6 nitrogen and oxygen atoms in total. The molecule has 0 N–H and O–H groups in total. The van der Waals surface area contributed by atoms with Crippen molar-refractivity contribution in [3.8, 4) is 0 Å². The largest absolute Gasteiger partial charge is 0.336 e. The molecule has 0 amide bonds. The highest BCUT2D eigenvalue weighted by Gasteiger charge is 2.15. The van der Waals surface area contributed by atoms with Gasteiger partial charge in [-0.15, -0.1) is 13.2 Å². The molecule has 0 radical (unpaired) electrons. The molecule has 1 heterocycles. The lowest BCUT2D eigenvalue weighted by atomic mass is 10.3. The van der Waals surface area contributed by atoms with Gasteiger partial charge in [0.1, 0.15) is 0 Å². The van der Waals surface area contributed by atoms with Crippen molar-refractivity contribution in [1.29, 1.82) is 0 Å². The zero-order chi connectivity index (χ0) is 15.3. The van der Waals surface area contributed by atoms with Crippen LogP contribution in [-0.4, -0.2) is 17.6 Å². The van der Waals surface area contributed by atoms with E-state index in [1.54, 1.807) is 0 Å². The monoisotopic (exact) mass is 391 g/mol. The van der Waals surface area contributed by atoms with Crippen LogP contribution in [0, 0.1) is 0 Å². The Morgan fingerprint density at radius 1 is 1.00 bits per heavy atom. The molecule has 7 heteroatoms. The molecule has 0 aromatic carbocycles. The third-order valence-corrected chi connectivity index (χ3v) is 4.11. The van der Waals surface area contributed by atoms with Gasteiger partial charge in [-0.05, 0) is 6.42 Å². The smallest absolute Gasteiger partial charge is 0.247 e. The van der Waals surface area contributed by atoms with E-state index < -0.39 is 17.1 Å². The summed E-state index contributed by atoms with van der Waals surface area (Å²) in [5.74, 6) is 0. The number of nitrogens with zero attached hydrogens (tertiary/aromatic N) is 3. The standard InChI is InChI=1S/C13H18IN3O3/c1-4-7-15-11(18)16(8-5-2)13(20)17(12(15)19)9-10(14)6-3/h4-5,10H,1-2,6-9H2,3H3. The summed E-state index contributed by atoms with van der Waals surface area (Å²) in [6, 6.07) is 0. The van der Waals surface area contributed by atoms with E-state index in [0.717, 1.165) is 20.1 Å². The SMILES string of the molecule is C=CCn1c(=O)n(CC=C)c(=O)n(CC(I)CC)c1=O. The van der Waals surface area contributed by atoms with Crippen LogP contribution in [0.1, 0.15) is 13.3 Å². The Hall–Kier alpha value is -1.38. The molecule has 0 spiro atoms. The summed E-state index contributed by atoms with van der Waals surface area (Å²) in [6.07, 6.45) is 3.74. The van der Waals surface area contributed by atoms with Crippen molar-refractivity contribution in [3.63, 3.8) is 0 Å². The maximum absolute atomic E-state index is 12.2. The molecule has 110 valence electrons. The highest BCUT2D eigenvalue weighted by atomic mass is 127. The fourth-order valence-electron chi connectivity index (χ4n) is 1.74. The number of alkyl halides is 1. The first-order valence-corrected chi connectivity index (χ1v) is 7.52. The van der Waals surface area contributed by atoms with Crippen LogP contribution >= 0.6 is 22.6 Å². The van der Waals surface area contributed by atoms with Crippen LogP contribution in [0.15, 0.2) is 39.7 Å². The van der Waals surface area contributed by atoms with Crippen LogP contribution in [0.25, 0.3) is 0 Å². The number of hydrogen-bond acceptors (Lipinski definition) is 3. The van der Waals surface area contributed by atoms with Gasteiger partial charge in [0.2, 0.25) is 0 Å². The van der Waals surface area contributed by atoms with Gasteiger partial charge in [0.25, 0.3) is 0 Å². The average Bonchev–Trinajstić information content (AvgIpc) is 2.44. The van der Waals surface area contributed by atoms with E-state index in [9.17, 15) is 14.4 Å². The van der Waals surface area contributed by atoms with E-state index in [2.05, 4.69) is 35.7 Å². The lowest BCUT2D eigenvalue weighted by molar-refractivity contribution is 0.475. The Morgan fingerprint density at radius 2 is 1.40 bits per heavy atom. The third-order valence-electron chi connectivity index (χ3n) is 2.83. The van der Waals surface area contributed by atoms with Crippen molar-refractivity contribution in [2.24, 2.45) is 0 Å². The predicted molar refractivity (Wildman–Crippen MR) is 87.7 cm³/mol. The quantitative estimate of drug-likeness (QED) is 0.392. The van der Waals surface area contributed by atoms with Crippen LogP contribution < -0.4 is 17.1 Å². The molecule has 0 saturated carbocycles. The minimum Gasteiger partial charge on any atom is -0.247 e. The van der Waals surface area contributed by atoms with Gasteiger partial charge in [-0.3, -0.25) is 0 Å². The number of hydrogen-bond donors (Lipinski definition) is 0. The highest BCUT2D eigenvalue weighted by Crippen LogP contribution is 2.05. The lowest BCUT2D eigenvalue weighted by Crippen LogP contribution is -2.55. The Balaban J connectivity index is 3.61. The first-order chi connectivity index (χ1) is 9.47. The minimum atomic E-state index is -0.627. The van der Waals surface area contributed by atoms with E-state index in [-0.39, 0.29) is 23.6 Å². The highest BCUT2D eigenvalue weighted by molar-refractivity contribution is 14.1. The maximum Gasteiger partial charge on any atom is 0.336 e. The Morgan fingerprint density at radius 3 is 1.75 bits per heavy atom. The lowest BCUT2D eigenvalue weighted by Gasteiger charge is -2.14. The first kappa shape index (κ1) is 16.7. The second-order valence-corrected chi connectivity index (χ2v) is 6.02. The van der Waals surface area contributed by atoms with Gasteiger partial charge in [-0.2, -0.15) is 0 Å². The maximum atomic E-state index is 12.2. The summed E-state index contributed by atoms with van der Waals surface area (Å²) in [4.78, 5) is 36.6. The van der Waals surface area contributed by atoms with Crippen molar-refractivity contribution in [3.05, 3.63) is 56.8 Å². The summed E-state index contributed by atoms with van der Waals surface area (Å²) in [7, 11) is 0. The van der Waals surface area contributed by atoms with Gasteiger partial charge >= 0.3 is 17.1 Å². The zero-order valence-electron chi connectivity index (χ0n) is 11.4. The molecule has 1 rings (SSSR count). The molecule has 1 aromatic rings. The van der Waals surface area contributed by atoms with Crippen LogP contribution in [0.4, 0.5) is 0 Å². The number of halogens is 1. The Kier molecular flexibility index (Phi) is 6.18. The van der Waals surface area contributed by atoms with Gasteiger partial charge in [0.05, 0.1) is 13.1 Å². The molecule has 0 fully saturated rings. The van der Waals surface area contributed by atoms with Gasteiger partial charge in [-0.1, -0.05) is 41.7 Å². The Bertz CT molecular complexity index is 621. The average molecular weight is 391 g/mol. The molecular formula is C13H18IN3O3. The van der Waals surface area contributed by atoms with E-state index in [1.807, 2.05) is 6.92 Å². The fraction of sp³-hybridized carbons (Fsp3) is 0.462. The van der Waals surface area contributed by atoms with Crippen LogP contribution in [0.5, 0.6) is 0 Å². The molecule has 0 bridgehead atoms. The summed E-state index contributed by atoms with van der Waals surface area (Å²) in [5.41, 5.74) is -1.80. The van der Waals surface area contributed by atoms with Crippen molar-refractivity contribution >= 4 is 22.6 Å². The minimum absolute atomic E-state index is 0.0765. The molecular weight excluding hydrogens is 373 g/mol. The van der Waals surface area contributed by atoms with Gasteiger partial charge in [0, 0.05) is 10.5 Å². The molecule has 0 aliphatic heterocycles. The van der Waals surface area contributed by atoms with E-state index >= 15 is 0 Å². The molecule has 20 heavy (non-hydrogen) atoms. The van der Waals surface area contributed by atoms with E-state index in [4.69, 9.17) is 0 Å². The predicted octanol–water partition coefficient (Wildman–Crippen LogP) is 0.757. The Labute approximate surface area is 130 Å². The summed E-state index contributed by atoms with van der Waals surface area (Å²) in [6.45, 7) is 9.46. The van der Waals surface area contributed by atoms with Crippen LogP contribution in [0.3, 0.4) is 0 Å². The number of allylic oxidation sites excluding steroid dienone is 2. The summed E-state index contributed by atoms with van der Waals surface area (Å²) >= 11 is 2.18. The van der Waals surface area contributed by atoms with Gasteiger partial charge in [0.15, 0.2) is 0 Å². The normalized spacial score (nSPS) is 12.1. The summed E-state index contributed by atoms with van der Waals surface area (Å²) < 4.78 is 3.27. The molecule has 1 atom stereocenters. The van der Waals surface area contributed by atoms with E-state index in [1.165, 1.54) is 12.2 Å². The van der Waals surface area contributed by atoms with E-state index in [0.29, 0.717) is 0 Å². The first-order valence-electron chi connectivity index (χ1n) is 6.28. The van der Waals surface area contributed by atoms with Gasteiger partial charge in [-0.25, -0.2) is 28.1 Å². The van der Waals surface area contributed by atoms with Crippen molar-refractivity contribution in [2.75, 3.05) is 0 Å². The van der Waals surface area contributed by atoms with Crippen molar-refractivity contribution in [1.82, 2.24) is 13.7 Å². The summed E-state index contributed by atoms with van der Waals surface area (Å²) in [5, 5.41) is 0. The second-order valence-electron chi connectivity index (χ2n) is 4.26. The van der Waals surface area contributed by atoms with Crippen molar-refractivity contribution < 1.29 is 0 Å². The van der Waals surface area contributed by atoms with Gasteiger partial charge < -0.3 is 0 Å². The van der Waals surface area contributed by atoms with Crippen LogP contribution in [0.2, 0.25) is 0 Å². The van der Waals surface area contributed by atoms with Crippen molar-refractivity contribution in [2.45, 2.75) is 36.9 Å². The molecule has 1 aromatic heterocycles. The van der Waals surface area contributed by atoms with Crippen LogP contribution in [-0.2, 0) is 19.6 Å². The molecule has 0 aliphatic rings.